The molecule has 0 saturated heterocycles. The Morgan fingerprint density at radius 1 is 1.08 bits per heavy atom. The minimum absolute atomic E-state index is 0.174. The molecule has 0 aromatic heterocycles. The molecule has 2 aromatic carbocycles. The van der Waals surface area contributed by atoms with Crippen LogP contribution in [0.15, 0.2) is 48.5 Å². The zero-order valence-electron chi connectivity index (χ0n) is 14.7. The molecule has 0 heterocycles. The average molecular weight is 377 g/mol. The molecule has 0 radical (unpaired) electrons. The summed E-state index contributed by atoms with van der Waals surface area (Å²) in [6.07, 6.45) is 0.224. The number of carbonyl (C=O) groups is 1. The highest BCUT2D eigenvalue weighted by molar-refractivity contribution is 7.91. The van der Waals surface area contributed by atoms with Gasteiger partial charge in [0.1, 0.15) is 5.75 Å². The fourth-order valence-electron chi connectivity index (χ4n) is 2.28. The molecule has 1 atom stereocenters. The SMILES string of the molecule is COc1ccc(NS(=O)(=O)Cc2ccc(NC(=O)CC(C)N)cc2)cc1. The molecule has 0 aliphatic rings. The van der Waals surface area contributed by atoms with Crippen molar-refractivity contribution in [1.29, 1.82) is 0 Å². The quantitative estimate of drug-likeness (QED) is 0.654. The molecule has 7 nitrogen and oxygen atoms in total. The summed E-state index contributed by atoms with van der Waals surface area (Å²) in [5.41, 5.74) is 7.25. The van der Waals surface area contributed by atoms with Crippen molar-refractivity contribution in [3.05, 3.63) is 54.1 Å². The van der Waals surface area contributed by atoms with Crippen LogP contribution in [0.25, 0.3) is 0 Å². The van der Waals surface area contributed by atoms with Crippen molar-refractivity contribution in [1.82, 2.24) is 0 Å². The van der Waals surface area contributed by atoms with E-state index in [2.05, 4.69) is 10.0 Å². The number of benzene rings is 2. The maximum atomic E-state index is 12.3. The van der Waals surface area contributed by atoms with E-state index in [0.29, 0.717) is 22.7 Å². The number of amides is 1. The molecular formula is C18H23N3O4S. The Morgan fingerprint density at radius 2 is 1.65 bits per heavy atom. The number of hydrogen-bond donors (Lipinski definition) is 3. The van der Waals surface area contributed by atoms with Crippen LogP contribution in [0.5, 0.6) is 5.75 Å². The lowest BCUT2D eigenvalue weighted by Gasteiger charge is -2.10. The average Bonchev–Trinajstić information content (AvgIpc) is 2.56. The minimum atomic E-state index is -3.55. The zero-order valence-corrected chi connectivity index (χ0v) is 15.5. The van der Waals surface area contributed by atoms with Crippen molar-refractivity contribution in [3.63, 3.8) is 0 Å². The van der Waals surface area contributed by atoms with Gasteiger partial charge in [-0.05, 0) is 48.9 Å². The second-order valence-electron chi connectivity index (χ2n) is 6.02. The molecule has 1 amide bonds. The third-order valence-corrected chi connectivity index (χ3v) is 4.73. The van der Waals surface area contributed by atoms with Gasteiger partial charge in [0.25, 0.3) is 0 Å². The minimum Gasteiger partial charge on any atom is -0.497 e. The number of nitrogens with two attached hydrogens (primary N) is 1. The molecule has 2 rings (SSSR count). The van der Waals surface area contributed by atoms with Gasteiger partial charge in [-0.15, -0.1) is 0 Å². The van der Waals surface area contributed by atoms with Crippen molar-refractivity contribution >= 4 is 27.3 Å². The van der Waals surface area contributed by atoms with Gasteiger partial charge < -0.3 is 15.8 Å². The van der Waals surface area contributed by atoms with Crippen LogP contribution in [0.3, 0.4) is 0 Å². The van der Waals surface area contributed by atoms with Crippen LogP contribution in [0.2, 0.25) is 0 Å². The molecular weight excluding hydrogens is 354 g/mol. The Labute approximate surface area is 153 Å². The van der Waals surface area contributed by atoms with Crippen molar-refractivity contribution < 1.29 is 17.9 Å². The van der Waals surface area contributed by atoms with Gasteiger partial charge in [0.15, 0.2) is 0 Å². The van der Waals surface area contributed by atoms with Crippen LogP contribution in [0.4, 0.5) is 11.4 Å². The first-order valence-corrected chi connectivity index (χ1v) is 9.71. The second kappa shape index (κ2) is 8.68. The topological polar surface area (TPSA) is 111 Å². The summed E-state index contributed by atoms with van der Waals surface area (Å²) in [6.45, 7) is 1.75. The van der Waals surface area contributed by atoms with Crippen LogP contribution in [0.1, 0.15) is 18.9 Å². The molecule has 0 aliphatic heterocycles. The van der Waals surface area contributed by atoms with Gasteiger partial charge in [-0.1, -0.05) is 12.1 Å². The highest BCUT2D eigenvalue weighted by Crippen LogP contribution is 2.18. The lowest BCUT2D eigenvalue weighted by molar-refractivity contribution is -0.116. The molecule has 0 bridgehead atoms. The molecule has 0 spiro atoms. The van der Waals surface area contributed by atoms with Crippen LogP contribution in [0, 0.1) is 0 Å². The zero-order chi connectivity index (χ0) is 19.2. The van der Waals surface area contributed by atoms with E-state index in [0.717, 1.165) is 0 Å². The summed E-state index contributed by atoms with van der Waals surface area (Å²) >= 11 is 0. The number of rotatable bonds is 8. The van der Waals surface area contributed by atoms with E-state index in [1.165, 1.54) is 0 Å². The first kappa shape index (κ1) is 19.7. The molecule has 140 valence electrons. The van der Waals surface area contributed by atoms with E-state index in [1.54, 1.807) is 62.6 Å². The van der Waals surface area contributed by atoms with Crippen molar-refractivity contribution in [3.8, 4) is 5.75 Å². The number of hydrogen-bond acceptors (Lipinski definition) is 5. The summed E-state index contributed by atoms with van der Waals surface area (Å²) in [6, 6.07) is 13.1. The van der Waals surface area contributed by atoms with E-state index in [4.69, 9.17) is 10.5 Å². The molecule has 8 heteroatoms. The van der Waals surface area contributed by atoms with E-state index in [1.807, 2.05) is 0 Å². The summed E-state index contributed by atoms with van der Waals surface area (Å²) in [4.78, 5) is 11.7. The highest BCUT2D eigenvalue weighted by atomic mass is 32.2. The highest BCUT2D eigenvalue weighted by Gasteiger charge is 2.12. The lowest BCUT2D eigenvalue weighted by Crippen LogP contribution is -2.23. The van der Waals surface area contributed by atoms with Gasteiger partial charge in [-0.25, -0.2) is 8.42 Å². The standard InChI is InChI=1S/C18H23N3O4S/c1-13(19)11-18(22)20-15-5-3-14(4-6-15)12-26(23,24)21-16-7-9-17(25-2)10-8-16/h3-10,13,21H,11-12,19H2,1-2H3,(H,20,22). The fraction of sp³-hybridized carbons (Fsp3) is 0.278. The van der Waals surface area contributed by atoms with E-state index >= 15 is 0 Å². The third-order valence-electron chi connectivity index (χ3n) is 3.47. The number of methoxy groups -OCH3 is 1. The number of ether oxygens (including phenoxy) is 1. The lowest BCUT2D eigenvalue weighted by atomic mass is 10.2. The van der Waals surface area contributed by atoms with E-state index in [9.17, 15) is 13.2 Å². The Bertz CT molecular complexity index is 832. The fourth-order valence-corrected chi connectivity index (χ4v) is 3.48. The number of carbonyl (C=O) groups excluding carboxylic acids is 1. The summed E-state index contributed by atoms with van der Waals surface area (Å²) in [7, 11) is -2.01. The van der Waals surface area contributed by atoms with Crippen LogP contribution in [-0.4, -0.2) is 27.5 Å². The van der Waals surface area contributed by atoms with Gasteiger partial charge in [0.2, 0.25) is 15.9 Å². The van der Waals surface area contributed by atoms with Crippen LogP contribution >= 0.6 is 0 Å². The summed E-state index contributed by atoms with van der Waals surface area (Å²) < 4.78 is 32.1. The first-order chi connectivity index (χ1) is 12.3. The van der Waals surface area contributed by atoms with Gasteiger partial charge in [-0.3, -0.25) is 9.52 Å². The van der Waals surface area contributed by atoms with Crippen molar-refractivity contribution in [2.75, 3.05) is 17.1 Å². The number of nitrogens with one attached hydrogen (secondary N) is 2. The third kappa shape index (κ3) is 6.38. The van der Waals surface area contributed by atoms with Gasteiger partial charge >= 0.3 is 0 Å². The van der Waals surface area contributed by atoms with Crippen LogP contribution < -0.4 is 20.5 Å². The first-order valence-electron chi connectivity index (χ1n) is 8.06. The predicted molar refractivity (Wildman–Crippen MR) is 103 cm³/mol. The van der Waals surface area contributed by atoms with Crippen molar-refractivity contribution in [2.45, 2.75) is 25.1 Å². The Balaban J connectivity index is 1.97. The van der Waals surface area contributed by atoms with Crippen molar-refractivity contribution in [2.24, 2.45) is 5.73 Å². The van der Waals surface area contributed by atoms with Gasteiger partial charge in [0, 0.05) is 23.8 Å². The molecule has 26 heavy (non-hydrogen) atoms. The Hall–Kier alpha value is -2.58. The normalized spacial score (nSPS) is 12.3. The molecule has 0 saturated carbocycles. The number of anilines is 2. The second-order valence-corrected chi connectivity index (χ2v) is 7.74. The molecule has 0 aliphatic carbocycles. The van der Waals surface area contributed by atoms with E-state index in [-0.39, 0.29) is 24.1 Å². The molecule has 2 aromatic rings. The monoisotopic (exact) mass is 377 g/mol. The molecule has 4 N–H and O–H groups in total. The molecule has 1 unspecified atom stereocenters. The Morgan fingerprint density at radius 3 is 2.19 bits per heavy atom. The molecule has 0 fully saturated rings. The number of sulfonamides is 1. The predicted octanol–water partition coefficient (Wildman–Crippen LogP) is 2.31. The summed E-state index contributed by atoms with van der Waals surface area (Å²) in [5.74, 6) is 0.295. The maximum Gasteiger partial charge on any atom is 0.236 e. The van der Waals surface area contributed by atoms with E-state index < -0.39 is 10.0 Å². The smallest absolute Gasteiger partial charge is 0.236 e. The van der Waals surface area contributed by atoms with Gasteiger partial charge in [-0.2, -0.15) is 0 Å². The maximum absolute atomic E-state index is 12.3. The largest absolute Gasteiger partial charge is 0.497 e. The Kier molecular flexibility index (Phi) is 6.59. The summed E-state index contributed by atoms with van der Waals surface area (Å²) in [5, 5.41) is 2.72. The van der Waals surface area contributed by atoms with Crippen LogP contribution in [-0.2, 0) is 20.6 Å². The van der Waals surface area contributed by atoms with Gasteiger partial charge in [0.05, 0.1) is 12.9 Å².